The van der Waals surface area contributed by atoms with Gasteiger partial charge in [-0.1, -0.05) is 55.0 Å². The molecule has 2 aromatic carbocycles. The fourth-order valence-corrected chi connectivity index (χ4v) is 4.90. The van der Waals surface area contributed by atoms with Crippen LogP contribution in [0.5, 0.6) is 0 Å². The summed E-state index contributed by atoms with van der Waals surface area (Å²) >= 11 is 0. The lowest BCUT2D eigenvalue weighted by atomic mass is 9.99. The molecule has 0 spiro atoms. The van der Waals surface area contributed by atoms with Crippen LogP contribution in [0.4, 0.5) is 0 Å². The van der Waals surface area contributed by atoms with E-state index in [0.717, 1.165) is 11.1 Å². The van der Waals surface area contributed by atoms with Crippen molar-refractivity contribution in [1.82, 2.24) is 9.73 Å². The molecule has 0 unspecified atom stereocenters. The fourth-order valence-electron chi connectivity index (χ4n) is 3.38. The van der Waals surface area contributed by atoms with Gasteiger partial charge in [0.25, 0.3) is 0 Å². The SMILES string of the molecule is Cc1ccc(S(=O)(=O)N2CCC[C@H](C(=O)N/N=C\[C@@H](C)c3ccccc3)C2)cc1. The van der Waals surface area contributed by atoms with Crippen LogP contribution in [-0.2, 0) is 14.8 Å². The Kier molecular flexibility index (Phi) is 6.82. The minimum atomic E-state index is -3.60. The second-order valence-electron chi connectivity index (χ2n) is 7.47. The first-order chi connectivity index (χ1) is 13.9. The van der Waals surface area contributed by atoms with Crippen LogP contribution < -0.4 is 5.43 Å². The van der Waals surface area contributed by atoms with E-state index in [1.165, 1.54) is 4.31 Å². The summed E-state index contributed by atoms with van der Waals surface area (Å²) in [5.41, 5.74) is 4.69. The van der Waals surface area contributed by atoms with E-state index in [1.54, 1.807) is 30.5 Å². The van der Waals surface area contributed by atoms with Crippen molar-refractivity contribution in [2.24, 2.45) is 11.0 Å². The number of nitrogens with one attached hydrogen (secondary N) is 1. The first kappa shape index (κ1) is 21.2. The Morgan fingerprint density at radius 2 is 1.86 bits per heavy atom. The lowest BCUT2D eigenvalue weighted by Crippen LogP contribution is -2.44. The van der Waals surface area contributed by atoms with Gasteiger partial charge in [-0.3, -0.25) is 4.79 Å². The summed E-state index contributed by atoms with van der Waals surface area (Å²) in [7, 11) is -3.60. The van der Waals surface area contributed by atoms with Crippen LogP contribution in [0.15, 0.2) is 64.6 Å². The highest BCUT2D eigenvalue weighted by Crippen LogP contribution is 2.24. The molecule has 1 amide bonds. The molecular formula is C22H27N3O3S. The van der Waals surface area contributed by atoms with E-state index in [2.05, 4.69) is 10.5 Å². The number of aryl methyl sites for hydroxylation is 1. The molecule has 29 heavy (non-hydrogen) atoms. The Morgan fingerprint density at radius 1 is 1.17 bits per heavy atom. The number of piperidine rings is 1. The number of carbonyl (C=O) groups is 1. The van der Waals surface area contributed by atoms with Gasteiger partial charge >= 0.3 is 0 Å². The lowest BCUT2D eigenvalue weighted by molar-refractivity contribution is -0.126. The molecule has 3 rings (SSSR count). The molecule has 2 atom stereocenters. The van der Waals surface area contributed by atoms with Gasteiger partial charge in [0, 0.05) is 25.2 Å². The van der Waals surface area contributed by atoms with Crippen molar-refractivity contribution < 1.29 is 13.2 Å². The fraction of sp³-hybridized carbons (Fsp3) is 0.364. The quantitative estimate of drug-likeness (QED) is 0.583. The molecule has 1 aliphatic rings. The molecular weight excluding hydrogens is 386 g/mol. The third-order valence-corrected chi connectivity index (χ3v) is 7.09. The molecule has 7 heteroatoms. The van der Waals surface area contributed by atoms with E-state index in [4.69, 9.17) is 0 Å². The number of hydrazone groups is 1. The first-order valence-corrected chi connectivity index (χ1v) is 11.3. The van der Waals surface area contributed by atoms with Gasteiger partial charge in [0.05, 0.1) is 10.8 Å². The summed E-state index contributed by atoms with van der Waals surface area (Å²) in [6.07, 6.45) is 2.99. The molecule has 0 radical (unpaired) electrons. The maximum absolute atomic E-state index is 12.9. The van der Waals surface area contributed by atoms with Crippen molar-refractivity contribution in [3.8, 4) is 0 Å². The van der Waals surface area contributed by atoms with E-state index in [0.29, 0.717) is 19.4 Å². The zero-order chi connectivity index (χ0) is 20.9. The molecule has 1 heterocycles. The monoisotopic (exact) mass is 413 g/mol. The number of sulfonamides is 1. The van der Waals surface area contributed by atoms with Gasteiger partial charge in [0.1, 0.15) is 0 Å². The number of benzene rings is 2. The summed E-state index contributed by atoms with van der Waals surface area (Å²) in [5, 5.41) is 4.09. The second-order valence-corrected chi connectivity index (χ2v) is 9.41. The molecule has 0 bridgehead atoms. The van der Waals surface area contributed by atoms with Crippen molar-refractivity contribution in [3.63, 3.8) is 0 Å². The van der Waals surface area contributed by atoms with Crippen molar-refractivity contribution >= 4 is 22.1 Å². The predicted octanol–water partition coefficient (Wildman–Crippen LogP) is 3.30. The maximum Gasteiger partial charge on any atom is 0.244 e. The zero-order valence-corrected chi connectivity index (χ0v) is 17.6. The second kappa shape index (κ2) is 9.33. The standard InChI is InChI=1S/C22H27N3O3S/c1-17-10-12-21(13-11-17)29(27,28)25-14-6-9-20(16-25)22(26)24-23-15-18(2)19-7-4-3-5-8-19/h3-5,7-8,10-13,15,18,20H,6,9,14,16H2,1-2H3,(H,24,26)/b23-15-/t18-,20+/m1/s1. The van der Waals surface area contributed by atoms with Crippen LogP contribution in [0.25, 0.3) is 0 Å². The Bertz CT molecular complexity index is 957. The van der Waals surface area contributed by atoms with Crippen LogP contribution in [0.2, 0.25) is 0 Å². The smallest absolute Gasteiger partial charge is 0.244 e. The van der Waals surface area contributed by atoms with Gasteiger partial charge in [-0.05, 0) is 37.5 Å². The number of hydrogen-bond donors (Lipinski definition) is 1. The molecule has 0 aliphatic carbocycles. The Balaban J connectivity index is 1.60. The number of hydrogen-bond acceptors (Lipinski definition) is 4. The summed E-state index contributed by atoms with van der Waals surface area (Å²) in [4.78, 5) is 12.8. The maximum atomic E-state index is 12.9. The van der Waals surface area contributed by atoms with Crippen molar-refractivity contribution in [2.45, 2.75) is 37.5 Å². The number of rotatable bonds is 6. The summed E-state index contributed by atoms with van der Waals surface area (Å²) in [5.74, 6) is -0.584. The van der Waals surface area contributed by atoms with Crippen LogP contribution in [-0.4, -0.2) is 37.9 Å². The molecule has 1 saturated heterocycles. The molecule has 0 aromatic heterocycles. The number of nitrogens with zero attached hydrogens (tertiary/aromatic N) is 2. The van der Waals surface area contributed by atoms with Crippen molar-refractivity contribution in [2.75, 3.05) is 13.1 Å². The normalized spacial score (nSPS) is 19.2. The molecule has 1 fully saturated rings. The van der Waals surface area contributed by atoms with Crippen LogP contribution >= 0.6 is 0 Å². The van der Waals surface area contributed by atoms with Gasteiger partial charge in [-0.25, -0.2) is 13.8 Å². The molecule has 1 N–H and O–H groups in total. The Morgan fingerprint density at radius 3 is 2.55 bits per heavy atom. The summed E-state index contributed by atoms with van der Waals surface area (Å²) in [6.45, 7) is 4.51. The highest BCUT2D eigenvalue weighted by atomic mass is 32.2. The minimum Gasteiger partial charge on any atom is -0.273 e. The molecule has 2 aromatic rings. The van der Waals surface area contributed by atoms with Crippen molar-refractivity contribution in [3.05, 3.63) is 65.7 Å². The average molecular weight is 414 g/mol. The first-order valence-electron chi connectivity index (χ1n) is 9.82. The number of carbonyl (C=O) groups excluding carboxylic acids is 1. The Hall–Kier alpha value is -2.51. The van der Waals surface area contributed by atoms with E-state index in [9.17, 15) is 13.2 Å². The minimum absolute atomic E-state index is 0.0706. The topological polar surface area (TPSA) is 78.8 Å². The van der Waals surface area contributed by atoms with Crippen LogP contribution in [0, 0.1) is 12.8 Å². The lowest BCUT2D eigenvalue weighted by Gasteiger charge is -2.30. The van der Waals surface area contributed by atoms with Gasteiger partial charge in [0.2, 0.25) is 15.9 Å². The van der Waals surface area contributed by atoms with Crippen LogP contribution in [0.1, 0.15) is 36.8 Å². The van der Waals surface area contributed by atoms with Gasteiger partial charge in [-0.2, -0.15) is 9.41 Å². The predicted molar refractivity (Wildman–Crippen MR) is 114 cm³/mol. The van der Waals surface area contributed by atoms with E-state index in [-0.39, 0.29) is 23.3 Å². The number of amides is 1. The van der Waals surface area contributed by atoms with Gasteiger partial charge in [0.15, 0.2) is 0 Å². The summed E-state index contributed by atoms with van der Waals surface area (Å²) in [6, 6.07) is 16.7. The van der Waals surface area contributed by atoms with E-state index in [1.807, 2.05) is 44.2 Å². The summed E-state index contributed by atoms with van der Waals surface area (Å²) < 4.78 is 27.2. The molecule has 6 nitrogen and oxygen atoms in total. The third kappa shape index (κ3) is 5.31. The third-order valence-electron chi connectivity index (χ3n) is 5.21. The molecule has 0 saturated carbocycles. The van der Waals surface area contributed by atoms with Gasteiger partial charge < -0.3 is 0 Å². The largest absolute Gasteiger partial charge is 0.273 e. The molecule has 1 aliphatic heterocycles. The van der Waals surface area contributed by atoms with Gasteiger partial charge in [-0.15, -0.1) is 0 Å². The average Bonchev–Trinajstić information content (AvgIpc) is 2.74. The highest BCUT2D eigenvalue weighted by molar-refractivity contribution is 7.89. The highest BCUT2D eigenvalue weighted by Gasteiger charge is 2.33. The van der Waals surface area contributed by atoms with E-state index >= 15 is 0 Å². The van der Waals surface area contributed by atoms with Crippen LogP contribution in [0.3, 0.4) is 0 Å². The molecule has 154 valence electrons. The van der Waals surface area contributed by atoms with E-state index < -0.39 is 15.9 Å². The van der Waals surface area contributed by atoms with Crippen molar-refractivity contribution in [1.29, 1.82) is 0 Å². The Labute approximate surface area is 172 Å². The zero-order valence-electron chi connectivity index (χ0n) is 16.8.